The third kappa shape index (κ3) is 1.44. The highest BCUT2D eigenvalue weighted by atomic mass is 19.1. The number of aliphatic carboxylic acids is 1. The molecule has 1 N–H and O–H groups in total. The highest BCUT2D eigenvalue weighted by Crippen LogP contribution is 2.29. The van der Waals surface area contributed by atoms with E-state index in [1.165, 1.54) is 19.1 Å². The minimum atomic E-state index is -1.61. The number of carbonyl (C=O) groups excluding carboxylic acids is 1. The predicted octanol–water partition coefficient (Wildman–Crippen LogP) is 1.38. The Labute approximate surface area is 90.6 Å². The van der Waals surface area contributed by atoms with Crippen molar-refractivity contribution in [3.8, 4) is 0 Å². The molecule has 4 nitrogen and oxygen atoms in total. The van der Waals surface area contributed by atoms with E-state index in [1.54, 1.807) is 0 Å². The van der Waals surface area contributed by atoms with Crippen molar-refractivity contribution in [3.63, 3.8) is 0 Å². The van der Waals surface area contributed by atoms with Crippen LogP contribution in [0.4, 0.5) is 4.39 Å². The molecule has 0 spiro atoms. The van der Waals surface area contributed by atoms with E-state index < -0.39 is 23.4 Å². The van der Waals surface area contributed by atoms with Crippen LogP contribution in [-0.2, 0) is 16.0 Å². The molecule has 1 atom stereocenters. The molecule has 0 saturated carbocycles. The molecule has 16 heavy (non-hydrogen) atoms. The fraction of sp³-hybridized carbons (Fsp3) is 0.273. The summed E-state index contributed by atoms with van der Waals surface area (Å²) < 4.78 is 18.1. The third-order valence-corrected chi connectivity index (χ3v) is 2.60. The first-order valence-electron chi connectivity index (χ1n) is 4.68. The van der Waals surface area contributed by atoms with Gasteiger partial charge < -0.3 is 9.84 Å². The minimum absolute atomic E-state index is 0.0266. The number of rotatable bonds is 1. The van der Waals surface area contributed by atoms with Gasteiger partial charge in [0.1, 0.15) is 5.82 Å². The molecule has 0 radical (unpaired) electrons. The average molecular weight is 224 g/mol. The lowest BCUT2D eigenvalue weighted by Gasteiger charge is -2.30. The lowest BCUT2D eigenvalue weighted by Crippen LogP contribution is -2.46. The predicted molar refractivity (Wildman–Crippen MR) is 51.6 cm³/mol. The van der Waals surface area contributed by atoms with Gasteiger partial charge in [-0.1, -0.05) is 12.1 Å². The van der Waals surface area contributed by atoms with Crippen molar-refractivity contribution in [2.24, 2.45) is 0 Å². The summed E-state index contributed by atoms with van der Waals surface area (Å²) in [5.41, 5.74) is -1.42. The van der Waals surface area contributed by atoms with Gasteiger partial charge in [-0.25, -0.2) is 14.0 Å². The Morgan fingerprint density at radius 2 is 2.25 bits per heavy atom. The summed E-state index contributed by atoms with van der Waals surface area (Å²) in [4.78, 5) is 22.4. The van der Waals surface area contributed by atoms with Gasteiger partial charge in [0.25, 0.3) is 0 Å². The number of cyclic esters (lactones) is 1. The molecule has 84 valence electrons. The standard InChI is InChI=1S/C11H9FO4/c1-11(10(14)15)5-6-3-2-4-7(12)8(6)9(13)16-11/h2-4H,5H2,1H3,(H,14,15). The molecule has 1 aromatic rings. The number of benzene rings is 1. The number of ether oxygens (including phenoxy) is 1. The maximum atomic E-state index is 13.3. The second kappa shape index (κ2) is 3.30. The molecule has 0 aromatic heterocycles. The van der Waals surface area contributed by atoms with E-state index >= 15 is 0 Å². The van der Waals surface area contributed by atoms with Crippen LogP contribution in [0.5, 0.6) is 0 Å². The highest BCUT2D eigenvalue weighted by Gasteiger charge is 2.43. The van der Waals surface area contributed by atoms with E-state index in [-0.39, 0.29) is 12.0 Å². The molecule has 0 amide bonds. The molecular formula is C11H9FO4. The fourth-order valence-electron chi connectivity index (χ4n) is 1.72. The second-order valence-corrected chi connectivity index (χ2v) is 3.88. The van der Waals surface area contributed by atoms with Crippen LogP contribution >= 0.6 is 0 Å². The molecule has 0 aliphatic carbocycles. The number of esters is 1. The Morgan fingerprint density at radius 3 is 2.88 bits per heavy atom. The average Bonchev–Trinajstić information content (AvgIpc) is 2.16. The number of carboxylic acids is 1. The van der Waals surface area contributed by atoms with Gasteiger partial charge in [-0.05, 0) is 18.6 Å². The highest BCUT2D eigenvalue weighted by molar-refractivity contribution is 5.96. The first-order valence-corrected chi connectivity index (χ1v) is 4.68. The Kier molecular flexibility index (Phi) is 2.18. The number of halogens is 1. The topological polar surface area (TPSA) is 63.6 Å². The van der Waals surface area contributed by atoms with Gasteiger partial charge in [0.15, 0.2) is 0 Å². The number of hydrogen-bond donors (Lipinski definition) is 1. The van der Waals surface area contributed by atoms with Gasteiger partial charge >= 0.3 is 11.9 Å². The van der Waals surface area contributed by atoms with Crippen LogP contribution in [0.1, 0.15) is 22.8 Å². The maximum Gasteiger partial charge on any atom is 0.348 e. The summed E-state index contributed by atoms with van der Waals surface area (Å²) in [5.74, 6) is -2.85. The zero-order valence-electron chi connectivity index (χ0n) is 8.49. The Hall–Kier alpha value is -1.91. The minimum Gasteiger partial charge on any atom is -0.478 e. The van der Waals surface area contributed by atoms with Crippen LogP contribution in [0.3, 0.4) is 0 Å². The second-order valence-electron chi connectivity index (χ2n) is 3.88. The van der Waals surface area contributed by atoms with E-state index in [2.05, 4.69) is 0 Å². The number of hydrogen-bond acceptors (Lipinski definition) is 3. The SMILES string of the molecule is CC1(C(=O)O)Cc2cccc(F)c2C(=O)O1. The zero-order chi connectivity index (χ0) is 11.9. The zero-order valence-corrected chi connectivity index (χ0v) is 8.49. The smallest absolute Gasteiger partial charge is 0.348 e. The van der Waals surface area contributed by atoms with Crippen molar-refractivity contribution < 1.29 is 23.8 Å². The Balaban J connectivity index is 2.53. The van der Waals surface area contributed by atoms with Crippen molar-refractivity contribution in [1.29, 1.82) is 0 Å². The molecule has 1 aliphatic heterocycles. The van der Waals surface area contributed by atoms with E-state index in [1.807, 2.05) is 0 Å². The molecule has 0 bridgehead atoms. The number of carbonyl (C=O) groups is 2. The molecule has 1 heterocycles. The Bertz CT molecular complexity index is 483. The van der Waals surface area contributed by atoms with Crippen LogP contribution < -0.4 is 0 Å². The molecule has 0 saturated heterocycles. The Morgan fingerprint density at radius 1 is 1.56 bits per heavy atom. The molecule has 2 rings (SSSR count). The van der Waals surface area contributed by atoms with Crippen LogP contribution in [0.15, 0.2) is 18.2 Å². The lowest BCUT2D eigenvalue weighted by molar-refractivity contribution is -0.158. The van der Waals surface area contributed by atoms with E-state index in [4.69, 9.17) is 9.84 Å². The van der Waals surface area contributed by atoms with Gasteiger partial charge in [0, 0.05) is 6.42 Å². The summed E-state index contributed by atoms with van der Waals surface area (Å²) in [5, 5.41) is 8.94. The van der Waals surface area contributed by atoms with E-state index in [0.29, 0.717) is 5.56 Å². The van der Waals surface area contributed by atoms with Crippen molar-refractivity contribution in [2.45, 2.75) is 18.9 Å². The van der Waals surface area contributed by atoms with Gasteiger partial charge in [-0.15, -0.1) is 0 Å². The molecular weight excluding hydrogens is 215 g/mol. The van der Waals surface area contributed by atoms with E-state index in [9.17, 15) is 14.0 Å². The summed E-state index contributed by atoms with van der Waals surface area (Å²) >= 11 is 0. The molecule has 5 heteroatoms. The van der Waals surface area contributed by atoms with Crippen molar-refractivity contribution >= 4 is 11.9 Å². The number of fused-ring (bicyclic) bond motifs is 1. The molecule has 1 aromatic carbocycles. The summed E-state index contributed by atoms with van der Waals surface area (Å²) in [6.07, 6.45) is -0.0266. The first-order chi connectivity index (χ1) is 7.44. The quantitative estimate of drug-likeness (QED) is 0.732. The summed E-state index contributed by atoms with van der Waals surface area (Å²) in [6, 6.07) is 4.11. The molecule has 0 fully saturated rings. The van der Waals surface area contributed by atoms with Crippen molar-refractivity contribution in [3.05, 3.63) is 35.1 Å². The molecule has 1 unspecified atom stereocenters. The summed E-state index contributed by atoms with van der Waals surface area (Å²) in [6.45, 7) is 1.29. The van der Waals surface area contributed by atoms with Crippen LogP contribution in [-0.4, -0.2) is 22.6 Å². The monoisotopic (exact) mass is 224 g/mol. The lowest BCUT2D eigenvalue weighted by atomic mass is 9.90. The van der Waals surface area contributed by atoms with Crippen molar-refractivity contribution in [1.82, 2.24) is 0 Å². The van der Waals surface area contributed by atoms with Gasteiger partial charge in [-0.2, -0.15) is 0 Å². The maximum absolute atomic E-state index is 13.3. The van der Waals surface area contributed by atoms with Gasteiger partial charge in [-0.3, -0.25) is 0 Å². The summed E-state index contributed by atoms with van der Waals surface area (Å²) in [7, 11) is 0. The number of carboxylic acid groups (broad SMARTS) is 1. The van der Waals surface area contributed by atoms with Gasteiger partial charge in [0.05, 0.1) is 5.56 Å². The largest absolute Gasteiger partial charge is 0.478 e. The fourth-order valence-corrected chi connectivity index (χ4v) is 1.72. The van der Waals surface area contributed by atoms with Crippen LogP contribution in [0, 0.1) is 5.82 Å². The van der Waals surface area contributed by atoms with Crippen LogP contribution in [0.2, 0.25) is 0 Å². The molecule has 1 aliphatic rings. The third-order valence-electron chi connectivity index (χ3n) is 2.60. The van der Waals surface area contributed by atoms with E-state index in [0.717, 1.165) is 6.07 Å². The van der Waals surface area contributed by atoms with Gasteiger partial charge in [0.2, 0.25) is 5.60 Å². The first kappa shape index (κ1) is 10.6. The van der Waals surface area contributed by atoms with Crippen molar-refractivity contribution in [2.75, 3.05) is 0 Å². The van der Waals surface area contributed by atoms with Crippen LogP contribution in [0.25, 0.3) is 0 Å². The normalized spacial score (nSPS) is 23.5.